The van der Waals surface area contributed by atoms with Crippen molar-refractivity contribution >= 4 is 11.4 Å². The summed E-state index contributed by atoms with van der Waals surface area (Å²) in [5.74, 6) is 0. The zero-order chi connectivity index (χ0) is 3.58. The van der Waals surface area contributed by atoms with Gasteiger partial charge in [-0.2, -0.15) is 0 Å². The molecular formula is Ag3O3S. The maximum absolute atomic E-state index is 8.44. The number of hydrogen-bond donors (Lipinski definition) is 0. The zero-order valence-electron chi connectivity index (χ0n) is 2.54. The van der Waals surface area contributed by atoms with E-state index >= 15 is 0 Å². The van der Waals surface area contributed by atoms with E-state index in [1.807, 2.05) is 0 Å². The van der Waals surface area contributed by atoms with Crippen LogP contribution in [0, 0.1) is 0 Å². The Morgan fingerprint density at radius 3 is 1.14 bits per heavy atom. The molecule has 0 amide bonds. The smallest absolute Gasteiger partial charge is 0.784 e. The Kier molecular flexibility index (Phi) is 51.3. The van der Waals surface area contributed by atoms with E-state index in [1.54, 1.807) is 0 Å². The predicted octanol–water partition coefficient (Wildman–Crippen LogP) is -1.01. The first-order valence-corrected chi connectivity index (χ1v) is 1.50. The summed E-state index contributed by atoms with van der Waals surface area (Å²) in [6.45, 7) is 0. The Balaban J connectivity index is -0.0000000150. The van der Waals surface area contributed by atoms with Gasteiger partial charge in [-0.25, -0.2) is 0 Å². The quantitative estimate of drug-likeness (QED) is 0.385. The molecule has 0 aromatic rings. The summed E-state index contributed by atoms with van der Waals surface area (Å²) in [5, 5.41) is 0. The summed E-state index contributed by atoms with van der Waals surface area (Å²) in [7, 11) is 0. The second-order valence-electron chi connectivity index (χ2n) is 0.204. The number of hydrogen-bond acceptors (Lipinski definition) is 3. The summed E-state index contributed by atoms with van der Waals surface area (Å²) in [5.41, 5.74) is 0. The van der Waals surface area contributed by atoms with Crippen molar-refractivity contribution in [2.45, 2.75) is 0 Å². The molecule has 0 atom stereocenters. The summed E-state index contributed by atoms with van der Waals surface area (Å²) in [6.07, 6.45) is 0. The average Bonchev–Trinajstić information content (AvgIpc) is 0.811. The monoisotopic (exact) mass is 401 g/mol. The van der Waals surface area contributed by atoms with Crippen LogP contribution in [-0.4, -0.2) is 13.3 Å². The van der Waals surface area contributed by atoms with Crippen molar-refractivity contribution in [1.82, 2.24) is 0 Å². The van der Waals surface area contributed by atoms with Gasteiger partial charge in [0.15, 0.2) is 0 Å². The zero-order valence-corrected chi connectivity index (χ0v) is 7.80. The van der Waals surface area contributed by atoms with Crippen molar-refractivity contribution in [1.29, 1.82) is 0 Å². The second kappa shape index (κ2) is 15.7. The first-order chi connectivity index (χ1) is 1.73. The van der Waals surface area contributed by atoms with Crippen molar-refractivity contribution < 1.29 is 80.5 Å². The third-order valence-corrected chi connectivity index (χ3v) is 0. The minimum atomic E-state index is -3.11. The molecule has 57 valence electrons. The van der Waals surface area contributed by atoms with Gasteiger partial charge in [0, 0.05) is 22.4 Å². The fourth-order valence-corrected chi connectivity index (χ4v) is 0. The van der Waals surface area contributed by atoms with Crippen molar-refractivity contribution in [3.05, 3.63) is 0 Å². The molecular weight excluding hydrogens is 404 g/mol. The standard InChI is InChI=1S/3Ag.H2O3S/c;;;1-4(2)3/h;;;(H2,1,2,3)/q;2*+1;/p-2. The van der Waals surface area contributed by atoms with Gasteiger partial charge >= 0.3 is 44.8 Å². The summed E-state index contributed by atoms with van der Waals surface area (Å²) in [4.78, 5) is 0. The normalized spacial score (nSPS) is 5.00. The third-order valence-electron chi connectivity index (χ3n) is 0. The van der Waals surface area contributed by atoms with E-state index in [0.717, 1.165) is 0 Å². The van der Waals surface area contributed by atoms with Crippen molar-refractivity contribution in [3.8, 4) is 0 Å². The Bertz CT molecular complexity index is 33.2. The molecule has 1 radical (unpaired) electrons. The first kappa shape index (κ1) is 22.8. The van der Waals surface area contributed by atoms with Crippen LogP contribution in [0.4, 0.5) is 0 Å². The van der Waals surface area contributed by atoms with E-state index in [1.165, 1.54) is 0 Å². The second-order valence-corrected chi connectivity index (χ2v) is 0.612. The van der Waals surface area contributed by atoms with Crippen LogP contribution in [0.25, 0.3) is 0 Å². The van der Waals surface area contributed by atoms with Gasteiger partial charge in [0.2, 0.25) is 0 Å². The molecule has 0 aromatic carbocycles. The summed E-state index contributed by atoms with van der Waals surface area (Å²) < 4.78 is 25.3. The van der Waals surface area contributed by atoms with Crippen LogP contribution in [0.1, 0.15) is 0 Å². The molecule has 0 saturated heterocycles. The van der Waals surface area contributed by atoms with E-state index in [-0.39, 0.29) is 67.1 Å². The van der Waals surface area contributed by atoms with Gasteiger partial charge in [0.25, 0.3) is 0 Å². The molecule has 0 heterocycles. The van der Waals surface area contributed by atoms with Gasteiger partial charge in [-0.05, 0) is 0 Å². The van der Waals surface area contributed by atoms with E-state index in [4.69, 9.17) is 13.3 Å². The van der Waals surface area contributed by atoms with Gasteiger partial charge in [-0.15, -0.1) is 11.4 Å². The van der Waals surface area contributed by atoms with Gasteiger partial charge in [0.1, 0.15) is 0 Å². The van der Waals surface area contributed by atoms with Crippen LogP contribution >= 0.6 is 0 Å². The van der Waals surface area contributed by atoms with Crippen LogP contribution in [0.3, 0.4) is 0 Å². The van der Waals surface area contributed by atoms with Crippen molar-refractivity contribution in [2.75, 3.05) is 0 Å². The first-order valence-electron chi connectivity index (χ1n) is 0.500. The minimum absolute atomic E-state index is 0. The molecule has 0 bridgehead atoms. The molecule has 0 N–H and O–H groups in total. The largest absolute Gasteiger partial charge is 1.00 e. The van der Waals surface area contributed by atoms with E-state index in [2.05, 4.69) is 0 Å². The Morgan fingerprint density at radius 2 is 1.14 bits per heavy atom. The summed E-state index contributed by atoms with van der Waals surface area (Å²) in [6, 6.07) is 0. The molecule has 7 heteroatoms. The van der Waals surface area contributed by atoms with E-state index < -0.39 is 11.4 Å². The average molecular weight is 404 g/mol. The maximum atomic E-state index is 8.44. The Labute approximate surface area is 90.7 Å². The molecule has 0 aliphatic carbocycles. The van der Waals surface area contributed by atoms with Gasteiger partial charge in [-0.1, -0.05) is 0 Å². The molecule has 0 aliphatic rings. The Hall–Kier alpha value is 2.29. The van der Waals surface area contributed by atoms with Crippen LogP contribution in [0.15, 0.2) is 0 Å². The molecule has 3 nitrogen and oxygen atoms in total. The van der Waals surface area contributed by atoms with Crippen molar-refractivity contribution in [3.63, 3.8) is 0 Å². The van der Waals surface area contributed by atoms with E-state index in [9.17, 15) is 0 Å². The fraction of sp³-hybridized carbons (Fsp3) is 0. The van der Waals surface area contributed by atoms with Gasteiger partial charge in [0.05, 0.1) is 0 Å². The third kappa shape index (κ3) is 62.5. The van der Waals surface area contributed by atoms with Gasteiger partial charge < -0.3 is 9.11 Å². The van der Waals surface area contributed by atoms with Gasteiger partial charge in [-0.3, -0.25) is 4.21 Å². The fourth-order valence-electron chi connectivity index (χ4n) is 0. The topological polar surface area (TPSA) is 63.2 Å². The van der Waals surface area contributed by atoms with Crippen LogP contribution < -0.4 is 0 Å². The molecule has 0 saturated carbocycles. The minimum Gasteiger partial charge on any atom is -0.784 e. The number of rotatable bonds is 0. The summed E-state index contributed by atoms with van der Waals surface area (Å²) >= 11 is -3.11. The molecule has 0 fully saturated rings. The predicted molar refractivity (Wildman–Crippen MR) is 9.70 cm³/mol. The molecule has 0 aliphatic heterocycles. The Morgan fingerprint density at radius 1 is 1.14 bits per heavy atom. The molecule has 0 aromatic heterocycles. The van der Waals surface area contributed by atoms with Crippen LogP contribution in [-0.2, 0) is 78.5 Å². The van der Waals surface area contributed by atoms with Crippen LogP contribution in [0.2, 0.25) is 0 Å². The van der Waals surface area contributed by atoms with E-state index in [0.29, 0.717) is 0 Å². The molecule has 0 rings (SSSR count). The molecule has 0 spiro atoms. The SMILES string of the molecule is O=S([O-])[O-].[Ag+].[Ag+].[Ag]. The van der Waals surface area contributed by atoms with Crippen LogP contribution in [0.5, 0.6) is 0 Å². The van der Waals surface area contributed by atoms with Crippen molar-refractivity contribution in [2.24, 2.45) is 0 Å². The molecule has 7 heavy (non-hydrogen) atoms. The maximum Gasteiger partial charge on any atom is 1.00 e. The molecule has 0 unspecified atom stereocenters.